The number of hydrogen-bond acceptors (Lipinski definition) is 6. The Labute approximate surface area is 171 Å². The number of aromatic nitrogens is 1. The van der Waals surface area contributed by atoms with Crippen LogP contribution in [0.1, 0.15) is 30.3 Å². The van der Waals surface area contributed by atoms with Crippen molar-refractivity contribution in [2.24, 2.45) is 5.92 Å². The number of hydrogen-bond donors (Lipinski definition) is 3. The molecule has 2 aromatic rings. The van der Waals surface area contributed by atoms with E-state index in [-0.39, 0.29) is 35.3 Å². The fraction of sp³-hybridized carbons (Fsp3) is 0.350. The molecule has 0 saturated carbocycles. The summed E-state index contributed by atoms with van der Waals surface area (Å²) in [5.41, 5.74) is 0.263. The average molecular weight is 414 g/mol. The summed E-state index contributed by atoms with van der Waals surface area (Å²) in [4.78, 5) is 49.8. The van der Waals surface area contributed by atoms with E-state index in [2.05, 4.69) is 15.6 Å². The van der Waals surface area contributed by atoms with Crippen LogP contribution in [0.5, 0.6) is 0 Å². The number of carbonyl (C=O) groups excluding carboxylic acids is 3. The zero-order chi connectivity index (χ0) is 21.7. The van der Waals surface area contributed by atoms with Crippen LogP contribution in [0.4, 0.5) is 5.69 Å². The number of esters is 1. The topological polar surface area (TPSA) is 143 Å². The molecule has 1 saturated heterocycles. The molecule has 10 nitrogen and oxygen atoms in total. The lowest BCUT2D eigenvalue weighted by atomic mass is 9.98. The van der Waals surface area contributed by atoms with Gasteiger partial charge in [0.25, 0.3) is 11.6 Å². The van der Waals surface area contributed by atoms with Crippen LogP contribution in [0.2, 0.25) is 0 Å². The highest BCUT2D eigenvalue weighted by Gasteiger charge is 2.27. The largest absolute Gasteiger partial charge is 0.463 e. The molecule has 10 heteroatoms. The highest BCUT2D eigenvalue weighted by Crippen LogP contribution is 2.25. The van der Waals surface area contributed by atoms with Crippen molar-refractivity contribution in [3.63, 3.8) is 0 Å². The molecule has 1 aromatic carbocycles. The number of nitro groups is 1. The number of para-hydroxylation sites is 1. The second kappa shape index (κ2) is 9.21. The number of fused-ring (bicyclic) bond motifs is 1. The third-order valence-corrected chi connectivity index (χ3v) is 4.84. The molecule has 1 fully saturated rings. The van der Waals surface area contributed by atoms with Gasteiger partial charge in [-0.2, -0.15) is 0 Å². The molecule has 2 heterocycles. The molecule has 2 amide bonds. The molecule has 30 heavy (non-hydrogen) atoms. The summed E-state index contributed by atoms with van der Waals surface area (Å²) in [6.07, 6.45) is 3.66. The number of amides is 2. The standard InChI is InChI=1S/C20H22N4O6/c1-2-30-17(25)7-6-14(10-13-8-9-21-19(13)26)22-20(27)15-11-12-4-3-5-16(24(28)29)18(12)23-15/h3-7,11,13-14,23H,2,8-10H2,1H3,(H,21,26)(H,22,27)/t13-,14+/m0/s1. The van der Waals surface area contributed by atoms with Crippen molar-refractivity contribution in [1.29, 1.82) is 0 Å². The molecule has 0 radical (unpaired) electrons. The zero-order valence-electron chi connectivity index (χ0n) is 16.3. The van der Waals surface area contributed by atoms with E-state index in [4.69, 9.17) is 4.74 Å². The Morgan fingerprint density at radius 2 is 2.23 bits per heavy atom. The highest BCUT2D eigenvalue weighted by atomic mass is 16.6. The van der Waals surface area contributed by atoms with Gasteiger partial charge in [0.05, 0.1) is 11.5 Å². The first-order valence-corrected chi connectivity index (χ1v) is 9.58. The van der Waals surface area contributed by atoms with Crippen molar-refractivity contribution in [2.45, 2.75) is 25.8 Å². The summed E-state index contributed by atoms with van der Waals surface area (Å²) in [6.45, 7) is 2.47. The lowest BCUT2D eigenvalue weighted by Gasteiger charge is -2.17. The maximum Gasteiger partial charge on any atom is 0.330 e. The van der Waals surface area contributed by atoms with E-state index >= 15 is 0 Å². The van der Waals surface area contributed by atoms with Gasteiger partial charge < -0.3 is 20.4 Å². The monoisotopic (exact) mass is 414 g/mol. The van der Waals surface area contributed by atoms with Crippen molar-refractivity contribution in [3.05, 3.63) is 52.2 Å². The molecule has 0 unspecified atom stereocenters. The minimum Gasteiger partial charge on any atom is -0.463 e. The molecule has 3 rings (SSSR count). The van der Waals surface area contributed by atoms with Gasteiger partial charge in [-0.15, -0.1) is 0 Å². The minimum absolute atomic E-state index is 0.0972. The quantitative estimate of drug-likeness (QED) is 0.260. The van der Waals surface area contributed by atoms with Gasteiger partial charge in [0, 0.05) is 36.0 Å². The third kappa shape index (κ3) is 4.83. The number of H-pyrrole nitrogens is 1. The minimum atomic E-state index is -0.600. The van der Waals surface area contributed by atoms with E-state index in [1.165, 1.54) is 24.3 Å². The predicted octanol–water partition coefficient (Wildman–Crippen LogP) is 1.82. The van der Waals surface area contributed by atoms with Gasteiger partial charge in [0.15, 0.2) is 0 Å². The maximum absolute atomic E-state index is 12.8. The van der Waals surface area contributed by atoms with Crippen LogP contribution in [0.25, 0.3) is 10.9 Å². The summed E-state index contributed by atoms with van der Waals surface area (Å²) >= 11 is 0. The maximum atomic E-state index is 12.8. The van der Waals surface area contributed by atoms with E-state index < -0.39 is 22.8 Å². The Bertz CT molecular complexity index is 1010. The van der Waals surface area contributed by atoms with E-state index in [1.54, 1.807) is 19.1 Å². The van der Waals surface area contributed by atoms with Gasteiger partial charge >= 0.3 is 5.97 Å². The lowest BCUT2D eigenvalue weighted by Crippen LogP contribution is -2.36. The van der Waals surface area contributed by atoms with Crippen LogP contribution in [0, 0.1) is 16.0 Å². The van der Waals surface area contributed by atoms with E-state index in [0.717, 1.165) is 0 Å². The van der Waals surface area contributed by atoms with Gasteiger partial charge in [-0.3, -0.25) is 19.7 Å². The highest BCUT2D eigenvalue weighted by molar-refractivity contribution is 6.00. The van der Waals surface area contributed by atoms with Crippen molar-refractivity contribution in [1.82, 2.24) is 15.6 Å². The first-order chi connectivity index (χ1) is 14.4. The second-order valence-electron chi connectivity index (χ2n) is 6.88. The molecule has 1 aliphatic rings. The smallest absolute Gasteiger partial charge is 0.330 e. The normalized spacial score (nSPS) is 17.1. The molecular formula is C20H22N4O6. The van der Waals surface area contributed by atoms with Crippen LogP contribution >= 0.6 is 0 Å². The van der Waals surface area contributed by atoms with Crippen LogP contribution in [-0.4, -0.2) is 46.9 Å². The first kappa shape index (κ1) is 21.0. The predicted molar refractivity (Wildman–Crippen MR) is 108 cm³/mol. The van der Waals surface area contributed by atoms with Gasteiger partial charge in [0.1, 0.15) is 11.2 Å². The van der Waals surface area contributed by atoms with Crippen molar-refractivity contribution >= 4 is 34.4 Å². The van der Waals surface area contributed by atoms with Gasteiger partial charge in [0.2, 0.25) is 5.91 Å². The van der Waals surface area contributed by atoms with Crippen molar-refractivity contribution < 1.29 is 24.0 Å². The molecular weight excluding hydrogens is 392 g/mol. The number of aromatic amines is 1. The number of ether oxygens (including phenoxy) is 1. The SMILES string of the molecule is CCOC(=O)C=C[C@H](C[C@@H]1CCNC1=O)NC(=O)c1cc2cccc([N+](=O)[O-])c2[nH]1. The Morgan fingerprint density at radius 1 is 1.43 bits per heavy atom. The average Bonchev–Trinajstić information content (AvgIpc) is 3.32. The van der Waals surface area contributed by atoms with Crippen LogP contribution in [0.15, 0.2) is 36.4 Å². The second-order valence-corrected chi connectivity index (χ2v) is 6.88. The molecule has 158 valence electrons. The van der Waals surface area contributed by atoms with Crippen molar-refractivity contribution in [3.8, 4) is 0 Å². The van der Waals surface area contributed by atoms with E-state index in [0.29, 0.717) is 24.8 Å². The molecule has 0 bridgehead atoms. The Hall–Kier alpha value is -3.69. The van der Waals surface area contributed by atoms with E-state index in [9.17, 15) is 24.5 Å². The summed E-state index contributed by atoms with van der Waals surface area (Å²) in [5, 5.41) is 17.2. The Balaban J connectivity index is 1.80. The number of carbonyl (C=O) groups is 3. The van der Waals surface area contributed by atoms with Gasteiger partial charge in [-0.05, 0) is 25.8 Å². The van der Waals surface area contributed by atoms with Crippen LogP contribution < -0.4 is 10.6 Å². The Kier molecular flexibility index (Phi) is 6.45. The summed E-state index contributed by atoms with van der Waals surface area (Å²) < 4.78 is 4.86. The van der Waals surface area contributed by atoms with Gasteiger partial charge in [-0.1, -0.05) is 18.2 Å². The molecule has 0 spiro atoms. The Morgan fingerprint density at radius 3 is 2.90 bits per heavy atom. The fourth-order valence-electron chi connectivity index (χ4n) is 3.41. The number of nitrogens with zero attached hydrogens (tertiary/aromatic N) is 1. The number of benzene rings is 1. The number of nitro benzene ring substituents is 1. The summed E-state index contributed by atoms with van der Waals surface area (Å²) in [5.74, 6) is -1.43. The molecule has 1 aliphatic heterocycles. The molecule has 0 aliphatic carbocycles. The number of nitrogens with one attached hydrogen (secondary N) is 3. The lowest BCUT2D eigenvalue weighted by molar-refractivity contribution is -0.383. The first-order valence-electron chi connectivity index (χ1n) is 9.58. The zero-order valence-corrected chi connectivity index (χ0v) is 16.3. The van der Waals surface area contributed by atoms with Crippen molar-refractivity contribution in [2.75, 3.05) is 13.2 Å². The molecule has 3 N–H and O–H groups in total. The third-order valence-electron chi connectivity index (χ3n) is 4.84. The summed E-state index contributed by atoms with van der Waals surface area (Å²) in [6, 6.07) is 5.48. The molecule has 1 aromatic heterocycles. The molecule has 2 atom stereocenters. The van der Waals surface area contributed by atoms with Crippen LogP contribution in [-0.2, 0) is 14.3 Å². The van der Waals surface area contributed by atoms with E-state index in [1.807, 2.05) is 0 Å². The number of rotatable bonds is 8. The number of non-ortho nitro benzene ring substituents is 1. The summed E-state index contributed by atoms with van der Waals surface area (Å²) in [7, 11) is 0. The fourth-order valence-corrected chi connectivity index (χ4v) is 3.41. The van der Waals surface area contributed by atoms with Gasteiger partial charge in [-0.25, -0.2) is 4.79 Å². The van der Waals surface area contributed by atoms with Crippen LogP contribution in [0.3, 0.4) is 0 Å².